The highest BCUT2D eigenvalue weighted by Crippen LogP contribution is 2.31. The second-order valence-electron chi connectivity index (χ2n) is 3.58. The first kappa shape index (κ1) is 9.82. The fourth-order valence-electron chi connectivity index (χ4n) is 1.75. The van der Waals surface area contributed by atoms with Crippen LogP contribution in [0.4, 0.5) is 4.39 Å². The standard InChI is InChI=1S/C9H11FN4O/c1-5-3-7(13-9(15)6(2)10)8-11-4-12-14(5)8/h4-5,7H,2-3H2,1H3,(H,13,15). The van der Waals surface area contributed by atoms with E-state index in [1.165, 1.54) is 6.33 Å². The van der Waals surface area contributed by atoms with Crippen LogP contribution in [0.15, 0.2) is 18.7 Å². The molecule has 1 amide bonds. The quantitative estimate of drug-likeness (QED) is 0.737. The molecule has 2 atom stereocenters. The summed E-state index contributed by atoms with van der Waals surface area (Å²) in [4.78, 5) is 15.1. The molecule has 1 N–H and O–H groups in total. The molecule has 0 saturated heterocycles. The average molecular weight is 210 g/mol. The third-order valence-electron chi connectivity index (χ3n) is 2.46. The molecule has 2 heterocycles. The van der Waals surface area contributed by atoms with Gasteiger partial charge < -0.3 is 5.32 Å². The highest BCUT2D eigenvalue weighted by molar-refractivity contribution is 5.90. The number of amides is 1. The van der Waals surface area contributed by atoms with Crippen LogP contribution in [-0.4, -0.2) is 20.7 Å². The summed E-state index contributed by atoms with van der Waals surface area (Å²) in [6.45, 7) is 4.91. The van der Waals surface area contributed by atoms with Gasteiger partial charge in [0.2, 0.25) is 0 Å². The minimum absolute atomic E-state index is 0.167. The van der Waals surface area contributed by atoms with Gasteiger partial charge in [-0.15, -0.1) is 0 Å². The van der Waals surface area contributed by atoms with Gasteiger partial charge in [0.05, 0.1) is 12.1 Å². The Balaban J connectivity index is 2.15. The maximum absolute atomic E-state index is 12.5. The van der Waals surface area contributed by atoms with Crippen molar-refractivity contribution < 1.29 is 9.18 Å². The van der Waals surface area contributed by atoms with Crippen LogP contribution < -0.4 is 5.32 Å². The second-order valence-corrected chi connectivity index (χ2v) is 3.58. The average Bonchev–Trinajstić information content (AvgIpc) is 2.72. The van der Waals surface area contributed by atoms with E-state index >= 15 is 0 Å². The summed E-state index contributed by atoms with van der Waals surface area (Å²) in [7, 11) is 0. The van der Waals surface area contributed by atoms with Crippen LogP contribution in [0.5, 0.6) is 0 Å². The highest BCUT2D eigenvalue weighted by Gasteiger charge is 2.31. The van der Waals surface area contributed by atoms with Crippen LogP contribution in [0.3, 0.4) is 0 Å². The second kappa shape index (κ2) is 3.45. The van der Waals surface area contributed by atoms with E-state index in [2.05, 4.69) is 22.0 Å². The van der Waals surface area contributed by atoms with Crippen molar-refractivity contribution in [2.45, 2.75) is 25.4 Å². The number of nitrogens with zero attached hydrogens (tertiary/aromatic N) is 3. The molecule has 1 aliphatic heterocycles. The maximum Gasteiger partial charge on any atom is 0.279 e. The van der Waals surface area contributed by atoms with Gasteiger partial charge in [0, 0.05) is 0 Å². The molecule has 15 heavy (non-hydrogen) atoms. The highest BCUT2D eigenvalue weighted by atomic mass is 19.1. The summed E-state index contributed by atoms with van der Waals surface area (Å²) < 4.78 is 14.2. The van der Waals surface area contributed by atoms with Crippen LogP contribution in [0, 0.1) is 0 Å². The Kier molecular flexibility index (Phi) is 2.26. The summed E-state index contributed by atoms with van der Waals surface area (Å²) >= 11 is 0. The van der Waals surface area contributed by atoms with Gasteiger partial charge in [-0.2, -0.15) is 5.10 Å². The van der Waals surface area contributed by atoms with E-state index < -0.39 is 11.7 Å². The summed E-state index contributed by atoms with van der Waals surface area (Å²) in [6, 6.07) is -0.108. The van der Waals surface area contributed by atoms with Gasteiger partial charge in [0.1, 0.15) is 12.2 Å². The number of hydrogen-bond donors (Lipinski definition) is 1. The van der Waals surface area contributed by atoms with E-state index in [0.717, 1.165) is 0 Å². The number of halogens is 1. The smallest absolute Gasteiger partial charge is 0.279 e. The van der Waals surface area contributed by atoms with E-state index in [1.807, 2.05) is 6.92 Å². The number of carbonyl (C=O) groups excluding carboxylic acids is 1. The Morgan fingerprint density at radius 1 is 1.80 bits per heavy atom. The Morgan fingerprint density at radius 2 is 2.53 bits per heavy atom. The van der Waals surface area contributed by atoms with Gasteiger partial charge in [0.15, 0.2) is 5.83 Å². The molecular weight excluding hydrogens is 199 g/mol. The largest absolute Gasteiger partial charge is 0.340 e. The van der Waals surface area contributed by atoms with Crippen LogP contribution in [0.25, 0.3) is 0 Å². The fourth-order valence-corrected chi connectivity index (χ4v) is 1.75. The molecular formula is C9H11FN4O. The van der Waals surface area contributed by atoms with E-state index in [4.69, 9.17) is 0 Å². The molecule has 6 heteroatoms. The fraction of sp³-hybridized carbons (Fsp3) is 0.444. The number of rotatable bonds is 2. The van der Waals surface area contributed by atoms with Crippen molar-refractivity contribution in [3.05, 3.63) is 24.6 Å². The molecule has 80 valence electrons. The molecule has 0 saturated carbocycles. The summed E-state index contributed by atoms with van der Waals surface area (Å²) in [6.07, 6.45) is 2.10. The molecule has 0 bridgehead atoms. The van der Waals surface area contributed by atoms with Gasteiger partial charge in [-0.25, -0.2) is 14.1 Å². The van der Waals surface area contributed by atoms with E-state index in [9.17, 15) is 9.18 Å². The summed E-state index contributed by atoms with van der Waals surface area (Å²) in [5.41, 5.74) is 0. The normalized spacial score (nSPS) is 23.6. The molecule has 0 radical (unpaired) electrons. The van der Waals surface area contributed by atoms with Crippen LogP contribution in [0.1, 0.15) is 31.3 Å². The van der Waals surface area contributed by atoms with Gasteiger partial charge in [-0.05, 0) is 13.3 Å². The van der Waals surface area contributed by atoms with Crippen molar-refractivity contribution in [2.75, 3.05) is 0 Å². The first-order valence-electron chi connectivity index (χ1n) is 4.64. The first-order valence-corrected chi connectivity index (χ1v) is 4.64. The molecule has 1 aromatic rings. The van der Waals surface area contributed by atoms with Gasteiger partial charge in [-0.1, -0.05) is 6.58 Å². The molecule has 1 aromatic heterocycles. The topological polar surface area (TPSA) is 59.8 Å². The van der Waals surface area contributed by atoms with E-state index in [-0.39, 0.29) is 12.1 Å². The van der Waals surface area contributed by atoms with Gasteiger partial charge in [-0.3, -0.25) is 4.79 Å². The van der Waals surface area contributed by atoms with Crippen molar-refractivity contribution in [1.29, 1.82) is 0 Å². The minimum Gasteiger partial charge on any atom is -0.340 e. The van der Waals surface area contributed by atoms with Crippen molar-refractivity contribution in [3.8, 4) is 0 Å². The lowest BCUT2D eigenvalue weighted by Crippen LogP contribution is -2.27. The zero-order valence-electron chi connectivity index (χ0n) is 8.27. The third kappa shape index (κ3) is 1.62. The monoisotopic (exact) mass is 210 g/mol. The molecule has 0 fully saturated rings. The van der Waals surface area contributed by atoms with E-state index in [0.29, 0.717) is 12.2 Å². The molecule has 1 aliphatic rings. The number of aromatic nitrogens is 3. The predicted molar refractivity (Wildman–Crippen MR) is 50.5 cm³/mol. The number of nitrogens with one attached hydrogen (secondary N) is 1. The zero-order valence-corrected chi connectivity index (χ0v) is 8.27. The Bertz CT molecular complexity index is 414. The Morgan fingerprint density at radius 3 is 3.20 bits per heavy atom. The first-order chi connectivity index (χ1) is 7.09. The summed E-state index contributed by atoms with van der Waals surface area (Å²) in [5.74, 6) is -1.11. The zero-order chi connectivity index (χ0) is 11.0. The lowest BCUT2D eigenvalue weighted by atomic mass is 10.2. The number of hydrogen-bond acceptors (Lipinski definition) is 3. The van der Waals surface area contributed by atoms with Crippen molar-refractivity contribution in [3.63, 3.8) is 0 Å². The summed E-state index contributed by atoms with van der Waals surface area (Å²) in [5, 5.41) is 6.53. The Hall–Kier alpha value is -1.72. The minimum atomic E-state index is -0.986. The SMILES string of the molecule is C=C(F)C(=O)NC1CC(C)n2ncnc21. The number of fused-ring (bicyclic) bond motifs is 1. The molecule has 2 unspecified atom stereocenters. The van der Waals surface area contributed by atoms with Crippen LogP contribution in [0.2, 0.25) is 0 Å². The van der Waals surface area contributed by atoms with Crippen LogP contribution in [-0.2, 0) is 4.79 Å². The van der Waals surface area contributed by atoms with Crippen molar-refractivity contribution in [1.82, 2.24) is 20.1 Å². The van der Waals surface area contributed by atoms with Gasteiger partial charge in [0.25, 0.3) is 5.91 Å². The Labute approximate surface area is 86.0 Å². The predicted octanol–water partition coefficient (Wildman–Crippen LogP) is 0.883. The molecule has 0 aliphatic carbocycles. The third-order valence-corrected chi connectivity index (χ3v) is 2.46. The lowest BCUT2D eigenvalue weighted by Gasteiger charge is -2.09. The molecule has 5 nitrogen and oxygen atoms in total. The lowest BCUT2D eigenvalue weighted by molar-refractivity contribution is -0.119. The molecule has 2 rings (SSSR count). The molecule has 0 spiro atoms. The van der Waals surface area contributed by atoms with Crippen LogP contribution >= 0.6 is 0 Å². The number of carbonyl (C=O) groups is 1. The van der Waals surface area contributed by atoms with Crippen molar-refractivity contribution in [2.24, 2.45) is 0 Å². The van der Waals surface area contributed by atoms with Gasteiger partial charge >= 0.3 is 0 Å². The maximum atomic E-state index is 12.5. The van der Waals surface area contributed by atoms with E-state index in [1.54, 1.807) is 4.68 Å². The van der Waals surface area contributed by atoms with Crippen molar-refractivity contribution >= 4 is 5.91 Å². The molecule has 0 aromatic carbocycles.